The Hall–Kier alpha value is -1.89. The van der Waals surface area contributed by atoms with Crippen LogP contribution in [0, 0.1) is 6.92 Å². The number of halogens is 1. The Morgan fingerprint density at radius 1 is 1.17 bits per heavy atom. The lowest BCUT2D eigenvalue weighted by Gasteiger charge is -2.19. The van der Waals surface area contributed by atoms with Gasteiger partial charge in [-0.2, -0.15) is 0 Å². The Morgan fingerprint density at radius 2 is 1.79 bits per heavy atom. The highest BCUT2D eigenvalue weighted by atomic mass is 35.5. The first-order valence-corrected chi connectivity index (χ1v) is 9.15. The van der Waals surface area contributed by atoms with Crippen molar-refractivity contribution in [3.63, 3.8) is 0 Å². The highest BCUT2D eigenvalue weighted by Crippen LogP contribution is 2.18. The van der Waals surface area contributed by atoms with Gasteiger partial charge in [-0.1, -0.05) is 29.8 Å². The van der Waals surface area contributed by atoms with Gasteiger partial charge in [0.25, 0.3) is 5.91 Å². The molecule has 2 rings (SSSR count). The molecule has 0 saturated carbocycles. The van der Waals surface area contributed by atoms with Crippen molar-refractivity contribution in [2.45, 2.75) is 18.4 Å². The van der Waals surface area contributed by atoms with Crippen molar-refractivity contribution in [1.29, 1.82) is 0 Å². The van der Waals surface area contributed by atoms with E-state index in [2.05, 4.69) is 4.72 Å². The lowest BCUT2D eigenvalue weighted by molar-refractivity contribution is 0.0784. The number of rotatable bonds is 5. The molecule has 0 aromatic heterocycles. The molecule has 0 bridgehead atoms. The third-order valence-corrected chi connectivity index (χ3v) is 5.36. The molecule has 0 saturated heterocycles. The van der Waals surface area contributed by atoms with Gasteiger partial charge in [-0.15, -0.1) is 0 Å². The molecule has 0 heterocycles. The summed E-state index contributed by atoms with van der Waals surface area (Å²) in [5.74, 6) is -0.240. The van der Waals surface area contributed by atoms with Gasteiger partial charge < -0.3 is 4.90 Å². The van der Waals surface area contributed by atoms with E-state index in [9.17, 15) is 13.2 Å². The van der Waals surface area contributed by atoms with Crippen LogP contribution in [0.4, 0.5) is 0 Å². The number of amides is 1. The Morgan fingerprint density at radius 3 is 2.38 bits per heavy atom. The monoisotopic (exact) mass is 366 g/mol. The fourth-order valence-electron chi connectivity index (χ4n) is 2.26. The first kappa shape index (κ1) is 18.4. The number of carbonyl (C=O) groups is 1. The minimum Gasteiger partial charge on any atom is -0.337 e. The van der Waals surface area contributed by atoms with Crippen LogP contribution < -0.4 is 4.72 Å². The van der Waals surface area contributed by atoms with Crippen LogP contribution in [0.25, 0.3) is 0 Å². The summed E-state index contributed by atoms with van der Waals surface area (Å²) in [5, 5.41) is 0.633. The second kappa shape index (κ2) is 7.34. The van der Waals surface area contributed by atoms with Gasteiger partial charge in [-0.3, -0.25) is 4.79 Å². The summed E-state index contributed by atoms with van der Waals surface area (Å²) in [7, 11) is -0.583. The second-order valence-electron chi connectivity index (χ2n) is 5.47. The maximum Gasteiger partial charge on any atom is 0.254 e. The predicted molar refractivity (Wildman–Crippen MR) is 94.7 cm³/mol. The number of carbonyl (C=O) groups excluding carboxylic acids is 1. The quantitative estimate of drug-likeness (QED) is 0.884. The molecule has 0 aliphatic carbocycles. The van der Waals surface area contributed by atoms with E-state index in [-0.39, 0.29) is 10.8 Å². The van der Waals surface area contributed by atoms with Gasteiger partial charge >= 0.3 is 0 Å². The molecular formula is C17H19ClN2O3S. The Bertz CT molecular complexity index is 849. The number of sulfonamides is 1. The summed E-state index contributed by atoms with van der Waals surface area (Å²) in [5.41, 5.74) is 2.02. The van der Waals surface area contributed by atoms with E-state index in [1.165, 1.54) is 19.2 Å². The molecule has 0 radical (unpaired) electrons. The number of nitrogens with one attached hydrogen (secondary N) is 1. The van der Waals surface area contributed by atoms with Crippen LogP contribution in [0.5, 0.6) is 0 Å². The molecule has 1 amide bonds. The summed E-state index contributed by atoms with van der Waals surface area (Å²) in [6.07, 6.45) is 0. The zero-order valence-electron chi connectivity index (χ0n) is 13.7. The van der Waals surface area contributed by atoms with Gasteiger partial charge in [0.15, 0.2) is 0 Å². The van der Waals surface area contributed by atoms with Crippen LogP contribution in [0.2, 0.25) is 5.02 Å². The van der Waals surface area contributed by atoms with E-state index in [1.54, 1.807) is 37.1 Å². The van der Waals surface area contributed by atoms with Gasteiger partial charge in [0, 0.05) is 24.2 Å². The zero-order chi connectivity index (χ0) is 17.9. The lowest BCUT2D eigenvalue weighted by atomic mass is 10.1. The van der Waals surface area contributed by atoms with Crippen molar-refractivity contribution in [3.8, 4) is 0 Å². The smallest absolute Gasteiger partial charge is 0.254 e. The standard InChI is InChI=1S/C17H19ClN2O3S/c1-12-4-9-15(24(22,23)19-2)10-16(12)17(21)20(3)11-13-5-7-14(18)8-6-13/h4-10,19H,11H2,1-3H3. The minimum atomic E-state index is -3.60. The average molecular weight is 367 g/mol. The molecule has 2 aromatic rings. The molecular weight excluding hydrogens is 348 g/mol. The van der Waals surface area contributed by atoms with Gasteiger partial charge in [0.1, 0.15) is 0 Å². The summed E-state index contributed by atoms with van der Waals surface area (Å²) in [4.78, 5) is 14.3. The van der Waals surface area contributed by atoms with Crippen molar-refractivity contribution in [3.05, 3.63) is 64.2 Å². The third kappa shape index (κ3) is 4.14. The molecule has 0 aliphatic rings. The van der Waals surface area contributed by atoms with Gasteiger partial charge in [0.2, 0.25) is 10.0 Å². The molecule has 1 N–H and O–H groups in total. The Balaban J connectivity index is 2.28. The normalized spacial score (nSPS) is 11.3. The Labute approximate surface area is 147 Å². The highest BCUT2D eigenvalue weighted by Gasteiger charge is 2.19. The molecule has 0 aliphatic heterocycles. The number of nitrogens with zero attached hydrogens (tertiary/aromatic N) is 1. The SMILES string of the molecule is CNS(=O)(=O)c1ccc(C)c(C(=O)N(C)Cc2ccc(Cl)cc2)c1. The minimum absolute atomic E-state index is 0.0684. The zero-order valence-corrected chi connectivity index (χ0v) is 15.3. The summed E-state index contributed by atoms with van der Waals surface area (Å²) < 4.78 is 26.1. The molecule has 2 aromatic carbocycles. The molecule has 5 nitrogen and oxygen atoms in total. The predicted octanol–water partition coefficient (Wildman–Crippen LogP) is 2.83. The molecule has 0 fully saturated rings. The van der Waals surface area contributed by atoms with Crippen molar-refractivity contribution >= 4 is 27.5 Å². The molecule has 128 valence electrons. The Kier molecular flexibility index (Phi) is 5.64. The summed E-state index contributed by atoms with van der Waals surface area (Å²) in [6.45, 7) is 2.18. The first-order chi connectivity index (χ1) is 11.2. The van der Waals surface area contributed by atoms with Crippen LogP contribution in [0.3, 0.4) is 0 Å². The van der Waals surface area contributed by atoms with E-state index < -0.39 is 10.0 Å². The average Bonchev–Trinajstić information content (AvgIpc) is 2.56. The highest BCUT2D eigenvalue weighted by molar-refractivity contribution is 7.89. The number of hydrogen-bond acceptors (Lipinski definition) is 3. The number of hydrogen-bond donors (Lipinski definition) is 1. The van der Waals surface area contributed by atoms with Gasteiger partial charge in [0.05, 0.1) is 4.90 Å². The maximum absolute atomic E-state index is 12.7. The fourth-order valence-corrected chi connectivity index (χ4v) is 3.14. The largest absolute Gasteiger partial charge is 0.337 e. The lowest BCUT2D eigenvalue weighted by Crippen LogP contribution is -2.27. The van der Waals surface area contributed by atoms with Crippen LogP contribution in [0.15, 0.2) is 47.4 Å². The van der Waals surface area contributed by atoms with E-state index in [4.69, 9.17) is 11.6 Å². The molecule has 0 spiro atoms. The van der Waals surface area contributed by atoms with Crippen molar-refractivity contribution in [2.75, 3.05) is 14.1 Å². The molecule has 24 heavy (non-hydrogen) atoms. The van der Waals surface area contributed by atoms with E-state index in [0.717, 1.165) is 11.1 Å². The molecule has 0 unspecified atom stereocenters. The summed E-state index contributed by atoms with van der Waals surface area (Å²) in [6, 6.07) is 11.7. The molecule has 0 atom stereocenters. The fraction of sp³-hybridized carbons (Fsp3) is 0.235. The van der Waals surface area contributed by atoms with E-state index in [0.29, 0.717) is 17.1 Å². The van der Waals surface area contributed by atoms with Crippen molar-refractivity contribution in [2.24, 2.45) is 0 Å². The number of benzene rings is 2. The van der Waals surface area contributed by atoms with Crippen LogP contribution in [-0.2, 0) is 16.6 Å². The molecule has 7 heteroatoms. The van der Waals surface area contributed by atoms with Crippen LogP contribution >= 0.6 is 11.6 Å². The summed E-state index contributed by atoms with van der Waals surface area (Å²) >= 11 is 5.86. The van der Waals surface area contributed by atoms with Crippen LogP contribution in [-0.4, -0.2) is 33.3 Å². The maximum atomic E-state index is 12.7. The second-order valence-corrected chi connectivity index (χ2v) is 7.79. The first-order valence-electron chi connectivity index (χ1n) is 7.28. The van der Waals surface area contributed by atoms with Crippen LogP contribution in [0.1, 0.15) is 21.5 Å². The number of aryl methyl sites for hydroxylation is 1. The van der Waals surface area contributed by atoms with E-state index in [1.807, 2.05) is 12.1 Å². The topological polar surface area (TPSA) is 66.5 Å². The van der Waals surface area contributed by atoms with Gasteiger partial charge in [-0.25, -0.2) is 13.1 Å². The third-order valence-electron chi connectivity index (χ3n) is 3.70. The van der Waals surface area contributed by atoms with E-state index >= 15 is 0 Å². The van der Waals surface area contributed by atoms with Gasteiger partial charge in [-0.05, 0) is 49.4 Å². The van der Waals surface area contributed by atoms with Crippen molar-refractivity contribution < 1.29 is 13.2 Å². The van der Waals surface area contributed by atoms with Crippen molar-refractivity contribution in [1.82, 2.24) is 9.62 Å².